The number of thioether (sulfide) groups is 1. The van der Waals surface area contributed by atoms with Crippen LogP contribution in [0, 0.1) is 3.57 Å². The molecule has 0 aliphatic heterocycles. The number of hydrogen-bond acceptors (Lipinski definition) is 3. The Bertz CT molecular complexity index is 692. The van der Waals surface area contributed by atoms with Gasteiger partial charge in [-0.25, -0.2) is 4.98 Å². The van der Waals surface area contributed by atoms with Gasteiger partial charge in [0, 0.05) is 15.3 Å². The van der Waals surface area contributed by atoms with Crippen molar-refractivity contribution in [2.24, 2.45) is 0 Å². The van der Waals surface area contributed by atoms with E-state index in [-0.39, 0.29) is 11.0 Å². The van der Waals surface area contributed by atoms with Crippen molar-refractivity contribution in [2.75, 3.05) is 0 Å². The van der Waals surface area contributed by atoms with Crippen molar-refractivity contribution in [2.45, 2.75) is 36.8 Å². The van der Waals surface area contributed by atoms with Gasteiger partial charge in [0.25, 0.3) is 5.56 Å². The third kappa shape index (κ3) is 4.47. The van der Waals surface area contributed by atoms with Crippen molar-refractivity contribution < 1.29 is 0 Å². The van der Waals surface area contributed by atoms with Gasteiger partial charge in [0.15, 0.2) is 0 Å². The van der Waals surface area contributed by atoms with Gasteiger partial charge in [-0.15, -0.1) is 11.8 Å². The second-order valence-corrected chi connectivity index (χ2v) is 8.23. The molecule has 0 saturated heterocycles. The van der Waals surface area contributed by atoms with Crippen LogP contribution in [0.15, 0.2) is 34.0 Å². The Morgan fingerprint density at radius 2 is 1.90 bits per heavy atom. The molecule has 1 aromatic carbocycles. The van der Waals surface area contributed by atoms with Crippen LogP contribution in [0.3, 0.4) is 0 Å². The molecule has 0 unspecified atom stereocenters. The molecule has 0 bridgehead atoms. The number of aromatic nitrogens is 2. The standard InChI is InChI=1S/C15H16ClIN2OS/c1-15(2,3)13-12(17)14(20)19-11(18-13)8-21-10-6-4-9(16)5-7-10/h4-7H,8H2,1-3H3,(H,18,19,20). The van der Waals surface area contributed by atoms with Crippen molar-refractivity contribution in [3.63, 3.8) is 0 Å². The van der Waals surface area contributed by atoms with Crippen molar-refractivity contribution >= 4 is 46.0 Å². The van der Waals surface area contributed by atoms with Crippen LogP contribution in [-0.2, 0) is 11.2 Å². The van der Waals surface area contributed by atoms with Crippen LogP contribution >= 0.6 is 46.0 Å². The summed E-state index contributed by atoms with van der Waals surface area (Å²) >= 11 is 9.55. The predicted molar refractivity (Wildman–Crippen MR) is 97.3 cm³/mol. The number of hydrogen-bond donors (Lipinski definition) is 1. The van der Waals surface area contributed by atoms with E-state index in [0.29, 0.717) is 15.1 Å². The molecule has 0 atom stereocenters. The number of nitrogens with zero attached hydrogens (tertiary/aromatic N) is 1. The number of rotatable bonds is 3. The molecule has 112 valence electrons. The van der Waals surface area contributed by atoms with E-state index in [9.17, 15) is 4.79 Å². The summed E-state index contributed by atoms with van der Waals surface area (Å²) in [6, 6.07) is 7.63. The summed E-state index contributed by atoms with van der Waals surface area (Å²) in [4.78, 5) is 20.6. The maximum absolute atomic E-state index is 12.0. The van der Waals surface area contributed by atoms with Gasteiger partial charge in [-0.3, -0.25) is 4.79 Å². The molecular weight excluding hydrogens is 419 g/mol. The second kappa shape index (κ2) is 6.71. The topological polar surface area (TPSA) is 45.8 Å². The molecule has 0 aliphatic rings. The normalized spacial score (nSPS) is 11.7. The van der Waals surface area contributed by atoms with Crippen LogP contribution < -0.4 is 5.56 Å². The highest BCUT2D eigenvalue weighted by molar-refractivity contribution is 14.1. The summed E-state index contributed by atoms with van der Waals surface area (Å²) in [6.07, 6.45) is 0. The van der Waals surface area contributed by atoms with Gasteiger partial charge in [-0.05, 0) is 46.9 Å². The SMILES string of the molecule is CC(C)(C)c1nc(CSc2ccc(Cl)cc2)[nH]c(=O)c1I. The Labute approximate surface area is 147 Å². The highest BCUT2D eigenvalue weighted by atomic mass is 127. The van der Waals surface area contributed by atoms with E-state index in [1.807, 2.05) is 24.3 Å². The molecule has 0 spiro atoms. The average Bonchev–Trinajstić information content (AvgIpc) is 2.40. The maximum Gasteiger partial charge on any atom is 0.264 e. The van der Waals surface area contributed by atoms with Crippen molar-refractivity contribution in [1.29, 1.82) is 0 Å². The Kier molecular flexibility index (Phi) is 5.38. The fourth-order valence-corrected chi connectivity index (χ4v) is 3.71. The van der Waals surface area contributed by atoms with Gasteiger partial charge in [0.05, 0.1) is 11.4 Å². The minimum absolute atomic E-state index is 0.0674. The summed E-state index contributed by atoms with van der Waals surface area (Å²) in [6.45, 7) is 6.19. The number of benzene rings is 1. The molecule has 1 aromatic heterocycles. The molecule has 1 heterocycles. The Hall–Kier alpha value is -0.530. The van der Waals surface area contributed by atoms with Crippen molar-refractivity contribution in [3.05, 3.63) is 54.7 Å². The highest BCUT2D eigenvalue weighted by Gasteiger charge is 2.21. The smallest absolute Gasteiger partial charge is 0.264 e. The summed E-state index contributed by atoms with van der Waals surface area (Å²) in [7, 11) is 0. The van der Waals surface area contributed by atoms with Crippen LogP contribution in [0.25, 0.3) is 0 Å². The lowest BCUT2D eigenvalue weighted by atomic mass is 9.92. The molecule has 0 radical (unpaired) electrons. The first kappa shape index (κ1) is 16.8. The molecule has 1 N–H and O–H groups in total. The molecule has 0 fully saturated rings. The van der Waals surface area contributed by atoms with E-state index in [2.05, 4.69) is 53.3 Å². The van der Waals surface area contributed by atoms with Gasteiger partial charge in [0.1, 0.15) is 9.39 Å². The largest absolute Gasteiger partial charge is 0.309 e. The number of halogens is 2. The van der Waals surface area contributed by atoms with E-state index in [1.165, 1.54) is 0 Å². The molecule has 2 aromatic rings. The number of aromatic amines is 1. The highest BCUT2D eigenvalue weighted by Crippen LogP contribution is 2.26. The quantitative estimate of drug-likeness (QED) is 0.566. The molecule has 0 aliphatic carbocycles. The Morgan fingerprint density at radius 1 is 1.29 bits per heavy atom. The predicted octanol–water partition coefficient (Wildman–Crippen LogP) is 4.62. The summed E-state index contributed by atoms with van der Waals surface area (Å²) in [5, 5.41) is 0.718. The van der Waals surface area contributed by atoms with Gasteiger partial charge < -0.3 is 4.98 Å². The minimum atomic E-state index is -0.148. The molecule has 6 heteroatoms. The molecular formula is C15H16ClIN2OS. The lowest BCUT2D eigenvalue weighted by Crippen LogP contribution is -2.25. The minimum Gasteiger partial charge on any atom is -0.309 e. The zero-order valence-electron chi connectivity index (χ0n) is 12.0. The van der Waals surface area contributed by atoms with Gasteiger partial charge in [0.2, 0.25) is 0 Å². The summed E-state index contributed by atoms with van der Waals surface area (Å²) in [5.74, 6) is 1.32. The molecule has 2 rings (SSSR count). The zero-order chi connectivity index (χ0) is 15.6. The lowest BCUT2D eigenvalue weighted by Gasteiger charge is -2.19. The van der Waals surface area contributed by atoms with Gasteiger partial charge in [-0.1, -0.05) is 32.4 Å². The van der Waals surface area contributed by atoms with E-state index >= 15 is 0 Å². The van der Waals surface area contributed by atoms with Gasteiger partial charge in [-0.2, -0.15) is 0 Å². The van der Waals surface area contributed by atoms with E-state index < -0.39 is 0 Å². The van der Waals surface area contributed by atoms with Crippen molar-refractivity contribution in [1.82, 2.24) is 9.97 Å². The van der Waals surface area contributed by atoms with Crippen LogP contribution in [0.1, 0.15) is 32.3 Å². The van der Waals surface area contributed by atoms with Crippen LogP contribution in [-0.4, -0.2) is 9.97 Å². The first-order chi connectivity index (χ1) is 9.77. The third-order valence-electron chi connectivity index (χ3n) is 2.81. The molecule has 0 saturated carbocycles. The van der Waals surface area contributed by atoms with Crippen molar-refractivity contribution in [3.8, 4) is 0 Å². The fraction of sp³-hybridized carbons (Fsp3) is 0.333. The number of nitrogens with one attached hydrogen (secondary N) is 1. The van der Waals surface area contributed by atoms with E-state index in [1.54, 1.807) is 11.8 Å². The Balaban J connectivity index is 2.23. The molecule has 21 heavy (non-hydrogen) atoms. The second-order valence-electron chi connectivity index (χ2n) is 5.67. The van der Waals surface area contributed by atoms with Crippen LogP contribution in [0.2, 0.25) is 5.02 Å². The first-order valence-electron chi connectivity index (χ1n) is 6.45. The summed E-state index contributed by atoms with van der Waals surface area (Å²) < 4.78 is 0.667. The average molecular weight is 435 g/mol. The fourth-order valence-electron chi connectivity index (χ4n) is 1.75. The lowest BCUT2D eigenvalue weighted by molar-refractivity contribution is 0.557. The van der Waals surface area contributed by atoms with E-state index in [4.69, 9.17) is 11.6 Å². The van der Waals surface area contributed by atoms with E-state index in [0.717, 1.165) is 15.6 Å². The Morgan fingerprint density at radius 3 is 2.48 bits per heavy atom. The third-order valence-corrected chi connectivity index (χ3v) is 5.09. The maximum atomic E-state index is 12.0. The number of H-pyrrole nitrogens is 1. The molecule has 0 amide bonds. The summed E-state index contributed by atoms with van der Waals surface area (Å²) in [5.41, 5.74) is 0.630. The molecule has 3 nitrogen and oxygen atoms in total. The first-order valence-corrected chi connectivity index (χ1v) is 8.89. The monoisotopic (exact) mass is 434 g/mol. The zero-order valence-corrected chi connectivity index (χ0v) is 15.8. The van der Waals surface area contributed by atoms with Crippen LogP contribution in [0.5, 0.6) is 0 Å². The van der Waals surface area contributed by atoms with Gasteiger partial charge >= 0.3 is 0 Å². The van der Waals surface area contributed by atoms with Crippen LogP contribution in [0.4, 0.5) is 0 Å².